The molecule has 3 aromatic carbocycles. The zero-order chi connectivity index (χ0) is 22.4. The molecule has 0 fully saturated rings. The molecular formula is C26H21N3O4. The van der Waals surface area contributed by atoms with Crippen LogP contribution in [0.5, 0.6) is 17.2 Å². The van der Waals surface area contributed by atoms with Gasteiger partial charge < -0.3 is 19.5 Å². The van der Waals surface area contributed by atoms with Crippen molar-refractivity contribution in [2.24, 2.45) is 0 Å². The van der Waals surface area contributed by atoms with Crippen LogP contribution in [-0.4, -0.2) is 29.6 Å². The minimum absolute atomic E-state index is 0.155. The first kappa shape index (κ1) is 19.4. The number of rotatable bonds is 5. The van der Waals surface area contributed by atoms with Crippen LogP contribution in [0.15, 0.2) is 72.8 Å². The minimum atomic E-state index is -0.344. The molecule has 1 aromatic heterocycles. The van der Waals surface area contributed by atoms with Gasteiger partial charge in [-0.25, -0.2) is 0 Å². The summed E-state index contributed by atoms with van der Waals surface area (Å²) in [4.78, 5) is 13.2. The van der Waals surface area contributed by atoms with Gasteiger partial charge in [0.1, 0.15) is 11.4 Å². The topological polar surface area (TPSA) is 74.6 Å². The summed E-state index contributed by atoms with van der Waals surface area (Å²) in [7, 11) is 1.64. The highest BCUT2D eigenvalue weighted by Gasteiger charge is 2.38. The van der Waals surface area contributed by atoms with Gasteiger partial charge >= 0.3 is 0 Å². The Bertz CT molecular complexity index is 1360. The van der Waals surface area contributed by atoms with Gasteiger partial charge in [0.25, 0.3) is 5.91 Å². The van der Waals surface area contributed by atoms with Crippen molar-refractivity contribution >= 4 is 5.91 Å². The molecule has 0 saturated carbocycles. The molecule has 4 aromatic rings. The molecule has 164 valence electrons. The van der Waals surface area contributed by atoms with Crippen LogP contribution in [0.4, 0.5) is 0 Å². The Morgan fingerprint density at radius 3 is 2.67 bits per heavy atom. The first-order valence-corrected chi connectivity index (χ1v) is 10.7. The standard InChI is InChI=1S/C26H21N3O4/c1-31-19-10-6-5-9-18(19)14-29-25-22(24(28-29)16-7-3-2-4-8-16)23(27-26(25)30)17-11-12-20-21(13-17)33-15-32-20/h2-13,23H,14-15H2,1H3,(H,27,30). The number of nitrogens with one attached hydrogen (secondary N) is 1. The molecule has 2 aliphatic rings. The van der Waals surface area contributed by atoms with E-state index in [1.54, 1.807) is 11.8 Å². The van der Waals surface area contributed by atoms with Gasteiger partial charge in [-0.05, 0) is 23.8 Å². The maximum absolute atomic E-state index is 13.2. The van der Waals surface area contributed by atoms with Crippen LogP contribution in [-0.2, 0) is 6.54 Å². The quantitative estimate of drug-likeness (QED) is 0.505. The van der Waals surface area contributed by atoms with Crippen molar-refractivity contribution in [2.45, 2.75) is 12.6 Å². The Hall–Kier alpha value is -4.26. The third-order valence-electron chi connectivity index (χ3n) is 6.06. The van der Waals surface area contributed by atoms with Crippen molar-refractivity contribution in [2.75, 3.05) is 13.9 Å². The molecular weight excluding hydrogens is 418 g/mol. The highest BCUT2D eigenvalue weighted by atomic mass is 16.7. The number of hydrogen-bond acceptors (Lipinski definition) is 5. The summed E-state index contributed by atoms with van der Waals surface area (Å²) in [6, 6.07) is 23.1. The molecule has 0 radical (unpaired) electrons. The number of carbonyl (C=O) groups excluding carboxylic acids is 1. The van der Waals surface area contributed by atoms with Crippen LogP contribution in [0.1, 0.15) is 33.2 Å². The number of para-hydroxylation sites is 1. The molecule has 0 aliphatic carbocycles. The van der Waals surface area contributed by atoms with Crippen LogP contribution in [0.2, 0.25) is 0 Å². The van der Waals surface area contributed by atoms with Crippen LogP contribution in [0, 0.1) is 0 Å². The lowest BCUT2D eigenvalue weighted by Gasteiger charge is -2.14. The van der Waals surface area contributed by atoms with Gasteiger partial charge in [0.15, 0.2) is 11.5 Å². The van der Waals surface area contributed by atoms with Crippen molar-refractivity contribution in [3.05, 3.63) is 95.2 Å². The van der Waals surface area contributed by atoms with Crippen molar-refractivity contribution < 1.29 is 19.0 Å². The van der Waals surface area contributed by atoms with Gasteiger partial charge in [0.05, 0.1) is 25.4 Å². The summed E-state index contributed by atoms with van der Waals surface area (Å²) in [6.07, 6.45) is 0. The first-order valence-electron chi connectivity index (χ1n) is 10.7. The maximum Gasteiger partial charge on any atom is 0.270 e. The summed E-state index contributed by atoms with van der Waals surface area (Å²) < 4.78 is 18.3. The highest BCUT2D eigenvalue weighted by Crippen LogP contribution is 2.42. The fourth-order valence-electron chi connectivity index (χ4n) is 4.52. The van der Waals surface area contributed by atoms with E-state index < -0.39 is 0 Å². The van der Waals surface area contributed by atoms with Gasteiger partial charge in [0, 0.05) is 16.7 Å². The third-order valence-corrected chi connectivity index (χ3v) is 6.06. The molecule has 6 rings (SSSR count). The zero-order valence-electron chi connectivity index (χ0n) is 17.9. The van der Waals surface area contributed by atoms with E-state index >= 15 is 0 Å². The van der Waals surface area contributed by atoms with E-state index in [-0.39, 0.29) is 18.7 Å². The monoisotopic (exact) mass is 439 g/mol. The Labute approximate surface area is 190 Å². The van der Waals surface area contributed by atoms with E-state index in [0.29, 0.717) is 23.7 Å². The van der Waals surface area contributed by atoms with E-state index in [1.165, 1.54) is 0 Å². The van der Waals surface area contributed by atoms with Gasteiger partial charge in [-0.15, -0.1) is 0 Å². The molecule has 1 unspecified atom stereocenters. The van der Waals surface area contributed by atoms with Gasteiger partial charge in [-0.2, -0.15) is 5.10 Å². The summed E-state index contributed by atoms with van der Waals surface area (Å²) in [5.41, 5.74) is 5.02. The zero-order valence-corrected chi connectivity index (χ0v) is 17.9. The van der Waals surface area contributed by atoms with E-state index in [2.05, 4.69) is 5.32 Å². The molecule has 0 spiro atoms. The Balaban J connectivity index is 1.50. The SMILES string of the molecule is COc1ccccc1Cn1nc(-c2ccccc2)c2c1C(=O)NC2c1ccc2c(c1)OCO2. The van der Waals surface area contributed by atoms with E-state index in [4.69, 9.17) is 19.3 Å². The smallest absolute Gasteiger partial charge is 0.270 e. The number of methoxy groups -OCH3 is 1. The number of amides is 1. The highest BCUT2D eigenvalue weighted by molar-refractivity contribution is 6.00. The summed E-state index contributed by atoms with van der Waals surface area (Å²) >= 11 is 0. The molecule has 1 amide bonds. The lowest BCUT2D eigenvalue weighted by molar-refractivity contribution is 0.0950. The normalized spacial score (nSPS) is 15.9. The molecule has 7 nitrogen and oxygen atoms in total. The number of fused-ring (bicyclic) bond motifs is 2. The molecule has 1 N–H and O–H groups in total. The van der Waals surface area contributed by atoms with Gasteiger partial charge in [0.2, 0.25) is 6.79 Å². The molecule has 1 atom stereocenters. The predicted molar refractivity (Wildman–Crippen MR) is 122 cm³/mol. The summed E-state index contributed by atoms with van der Waals surface area (Å²) in [5.74, 6) is 1.99. The number of benzene rings is 3. The third kappa shape index (κ3) is 3.20. The van der Waals surface area contributed by atoms with E-state index in [9.17, 15) is 4.79 Å². The second kappa shape index (κ2) is 7.70. The first-order chi connectivity index (χ1) is 16.2. The molecule has 7 heteroatoms. The number of ether oxygens (including phenoxy) is 3. The van der Waals surface area contributed by atoms with Crippen molar-refractivity contribution in [1.82, 2.24) is 15.1 Å². The Morgan fingerprint density at radius 2 is 1.82 bits per heavy atom. The Kier molecular flexibility index (Phi) is 4.54. The molecule has 2 aliphatic heterocycles. The molecule has 33 heavy (non-hydrogen) atoms. The van der Waals surface area contributed by atoms with Crippen LogP contribution >= 0.6 is 0 Å². The van der Waals surface area contributed by atoms with Crippen LogP contribution in [0.3, 0.4) is 0 Å². The number of carbonyl (C=O) groups is 1. The lowest BCUT2D eigenvalue weighted by atomic mass is 9.96. The fourth-order valence-corrected chi connectivity index (χ4v) is 4.52. The average Bonchev–Trinajstić information content (AvgIpc) is 3.56. The average molecular weight is 439 g/mol. The largest absolute Gasteiger partial charge is 0.496 e. The predicted octanol–water partition coefficient (Wildman–Crippen LogP) is 4.17. The van der Waals surface area contributed by atoms with E-state index in [0.717, 1.165) is 33.7 Å². The van der Waals surface area contributed by atoms with Crippen molar-refractivity contribution in [1.29, 1.82) is 0 Å². The lowest BCUT2D eigenvalue weighted by Crippen LogP contribution is -2.23. The second-order valence-corrected chi connectivity index (χ2v) is 7.97. The van der Waals surface area contributed by atoms with E-state index in [1.807, 2.05) is 72.8 Å². The van der Waals surface area contributed by atoms with Gasteiger partial charge in [-0.1, -0.05) is 54.6 Å². The summed E-state index contributed by atoms with van der Waals surface area (Å²) in [6.45, 7) is 0.619. The molecule has 3 heterocycles. The number of hydrogen-bond donors (Lipinski definition) is 1. The molecule has 0 saturated heterocycles. The van der Waals surface area contributed by atoms with Crippen LogP contribution < -0.4 is 19.5 Å². The fraction of sp³-hybridized carbons (Fsp3) is 0.154. The number of nitrogens with zero attached hydrogens (tertiary/aromatic N) is 2. The van der Waals surface area contributed by atoms with Crippen LogP contribution in [0.25, 0.3) is 11.3 Å². The maximum atomic E-state index is 13.2. The summed E-state index contributed by atoms with van der Waals surface area (Å²) in [5, 5.41) is 8.06. The second-order valence-electron chi connectivity index (χ2n) is 7.97. The van der Waals surface area contributed by atoms with Gasteiger partial charge in [-0.3, -0.25) is 9.48 Å². The number of aromatic nitrogens is 2. The van der Waals surface area contributed by atoms with Crippen molar-refractivity contribution in [3.8, 4) is 28.5 Å². The van der Waals surface area contributed by atoms with Crippen molar-refractivity contribution in [3.63, 3.8) is 0 Å². The minimum Gasteiger partial charge on any atom is -0.496 e. The molecule has 0 bridgehead atoms. The Morgan fingerprint density at radius 1 is 1.03 bits per heavy atom.